The molecule has 1 aromatic heterocycles. The SMILES string of the molecule is C=C(C)CSc1nnc(S[C@H](C)C(=O)Nc2ccc(F)cc2)s1. The van der Waals surface area contributed by atoms with Gasteiger partial charge in [0.15, 0.2) is 8.68 Å². The molecule has 2 rings (SSSR count). The van der Waals surface area contributed by atoms with E-state index in [0.717, 1.165) is 20.0 Å². The Morgan fingerprint density at radius 1 is 1.35 bits per heavy atom. The zero-order valence-corrected chi connectivity index (χ0v) is 15.2. The number of carbonyl (C=O) groups excluding carboxylic acids is 1. The van der Waals surface area contributed by atoms with Gasteiger partial charge in [-0.1, -0.05) is 47.0 Å². The summed E-state index contributed by atoms with van der Waals surface area (Å²) in [5.74, 6) is 0.312. The van der Waals surface area contributed by atoms with E-state index in [0.29, 0.717) is 5.69 Å². The summed E-state index contributed by atoms with van der Waals surface area (Å²) in [7, 11) is 0. The van der Waals surface area contributed by atoms with E-state index in [1.807, 2.05) is 6.92 Å². The van der Waals surface area contributed by atoms with Crippen LogP contribution in [0.15, 0.2) is 45.1 Å². The lowest BCUT2D eigenvalue weighted by Gasteiger charge is -2.10. The number of hydrogen-bond donors (Lipinski definition) is 1. The van der Waals surface area contributed by atoms with Crippen molar-refractivity contribution in [2.75, 3.05) is 11.1 Å². The molecule has 0 fully saturated rings. The number of hydrogen-bond acceptors (Lipinski definition) is 6. The van der Waals surface area contributed by atoms with Crippen molar-refractivity contribution in [2.45, 2.75) is 27.8 Å². The highest BCUT2D eigenvalue weighted by atomic mass is 32.2. The normalized spacial score (nSPS) is 12.0. The second kappa shape index (κ2) is 8.47. The lowest BCUT2D eigenvalue weighted by molar-refractivity contribution is -0.115. The number of halogens is 1. The van der Waals surface area contributed by atoms with E-state index in [2.05, 4.69) is 22.1 Å². The molecule has 1 atom stereocenters. The summed E-state index contributed by atoms with van der Waals surface area (Å²) in [6, 6.07) is 5.68. The topological polar surface area (TPSA) is 54.9 Å². The number of amides is 1. The van der Waals surface area contributed by atoms with Crippen molar-refractivity contribution in [1.29, 1.82) is 0 Å². The maximum atomic E-state index is 12.8. The Bertz CT molecular complexity index is 688. The van der Waals surface area contributed by atoms with Gasteiger partial charge in [-0.15, -0.1) is 10.2 Å². The molecule has 0 aliphatic rings. The summed E-state index contributed by atoms with van der Waals surface area (Å²) in [6.45, 7) is 7.61. The third-order valence-corrected chi connectivity index (χ3v) is 6.06. The number of nitrogens with one attached hydrogen (secondary N) is 1. The minimum absolute atomic E-state index is 0.159. The van der Waals surface area contributed by atoms with Gasteiger partial charge < -0.3 is 5.32 Å². The molecule has 0 radical (unpaired) electrons. The van der Waals surface area contributed by atoms with Gasteiger partial charge in [-0.25, -0.2) is 4.39 Å². The summed E-state index contributed by atoms with van der Waals surface area (Å²) in [5.41, 5.74) is 1.64. The molecule has 0 bridgehead atoms. The lowest BCUT2D eigenvalue weighted by Crippen LogP contribution is -2.22. The van der Waals surface area contributed by atoms with E-state index in [1.165, 1.54) is 47.4 Å². The standard InChI is InChI=1S/C15H16FN3OS3/c1-9(2)8-21-14-18-19-15(23-14)22-10(3)13(20)17-12-6-4-11(16)5-7-12/h4-7,10H,1,8H2,2-3H3,(H,17,20)/t10-/m1/s1. The van der Waals surface area contributed by atoms with Crippen LogP contribution >= 0.6 is 34.9 Å². The summed E-state index contributed by atoms with van der Waals surface area (Å²) in [6.07, 6.45) is 0. The quantitative estimate of drug-likeness (QED) is 0.577. The number of benzene rings is 1. The predicted molar refractivity (Wildman–Crippen MR) is 95.8 cm³/mol. The van der Waals surface area contributed by atoms with Gasteiger partial charge in [-0.05, 0) is 38.1 Å². The van der Waals surface area contributed by atoms with Crippen LogP contribution in [0.4, 0.5) is 10.1 Å². The van der Waals surface area contributed by atoms with Gasteiger partial charge in [0.2, 0.25) is 5.91 Å². The minimum atomic E-state index is -0.334. The fourth-order valence-corrected chi connectivity index (χ4v) is 4.48. The fraction of sp³-hybridized carbons (Fsp3) is 0.267. The predicted octanol–water partition coefficient (Wildman–Crippen LogP) is 4.46. The monoisotopic (exact) mass is 369 g/mol. The number of rotatable bonds is 7. The highest BCUT2D eigenvalue weighted by Crippen LogP contribution is 2.32. The Hall–Kier alpha value is -1.38. The van der Waals surface area contributed by atoms with Gasteiger partial charge in [-0.3, -0.25) is 4.79 Å². The van der Waals surface area contributed by atoms with Gasteiger partial charge in [0.25, 0.3) is 0 Å². The third-order valence-electron chi connectivity index (χ3n) is 2.59. The van der Waals surface area contributed by atoms with E-state index in [9.17, 15) is 9.18 Å². The van der Waals surface area contributed by atoms with Gasteiger partial charge in [0.1, 0.15) is 5.82 Å². The fourth-order valence-electron chi connectivity index (χ4n) is 1.47. The van der Waals surface area contributed by atoms with E-state index in [-0.39, 0.29) is 17.0 Å². The molecule has 1 aromatic carbocycles. The Balaban J connectivity index is 1.88. The van der Waals surface area contributed by atoms with E-state index in [4.69, 9.17) is 0 Å². The van der Waals surface area contributed by atoms with E-state index >= 15 is 0 Å². The number of aromatic nitrogens is 2. The molecule has 4 nitrogen and oxygen atoms in total. The van der Waals surface area contributed by atoms with Crippen molar-refractivity contribution < 1.29 is 9.18 Å². The van der Waals surface area contributed by atoms with Crippen LogP contribution in [-0.2, 0) is 4.79 Å². The molecule has 8 heteroatoms. The first kappa shape index (κ1) is 18.0. The second-order valence-corrected chi connectivity index (χ2v) is 8.62. The number of nitrogens with zero attached hydrogens (tertiary/aromatic N) is 2. The zero-order chi connectivity index (χ0) is 16.8. The van der Waals surface area contributed by atoms with Crippen LogP contribution in [-0.4, -0.2) is 27.1 Å². The molecule has 0 unspecified atom stereocenters. The molecule has 1 N–H and O–H groups in total. The molecular formula is C15H16FN3OS3. The van der Waals surface area contributed by atoms with Gasteiger partial charge in [0.05, 0.1) is 5.25 Å². The first-order chi connectivity index (χ1) is 10.9. The lowest BCUT2D eigenvalue weighted by atomic mass is 10.3. The molecular weight excluding hydrogens is 353 g/mol. The summed E-state index contributed by atoms with van der Waals surface area (Å²) in [4.78, 5) is 12.1. The van der Waals surface area contributed by atoms with Crippen LogP contribution in [0, 0.1) is 5.82 Å². The number of thioether (sulfide) groups is 2. The van der Waals surface area contributed by atoms with Crippen LogP contribution in [0.25, 0.3) is 0 Å². The van der Waals surface area contributed by atoms with Crippen molar-refractivity contribution in [1.82, 2.24) is 10.2 Å². The summed E-state index contributed by atoms with van der Waals surface area (Å²) >= 11 is 4.40. The van der Waals surface area contributed by atoms with Crippen molar-refractivity contribution in [2.24, 2.45) is 0 Å². The first-order valence-corrected chi connectivity index (χ1v) is 9.46. The summed E-state index contributed by atoms with van der Waals surface area (Å²) < 4.78 is 14.5. The van der Waals surface area contributed by atoms with Crippen LogP contribution in [0.5, 0.6) is 0 Å². The molecule has 0 saturated heterocycles. The maximum Gasteiger partial charge on any atom is 0.237 e. The van der Waals surface area contributed by atoms with Crippen molar-refractivity contribution in [3.8, 4) is 0 Å². The third kappa shape index (κ3) is 5.96. The zero-order valence-electron chi connectivity index (χ0n) is 12.7. The average molecular weight is 370 g/mol. The Morgan fingerprint density at radius 3 is 2.65 bits per heavy atom. The van der Waals surface area contributed by atoms with Crippen molar-refractivity contribution >= 4 is 46.5 Å². The van der Waals surface area contributed by atoms with Gasteiger partial charge in [-0.2, -0.15) is 0 Å². The second-order valence-electron chi connectivity index (χ2n) is 4.84. The Morgan fingerprint density at radius 2 is 2.00 bits per heavy atom. The largest absolute Gasteiger partial charge is 0.325 e. The van der Waals surface area contributed by atoms with E-state index < -0.39 is 0 Å². The number of carbonyl (C=O) groups is 1. The molecule has 0 saturated carbocycles. The van der Waals surface area contributed by atoms with Crippen molar-refractivity contribution in [3.63, 3.8) is 0 Å². The average Bonchev–Trinajstić information content (AvgIpc) is 2.95. The van der Waals surface area contributed by atoms with Gasteiger partial charge >= 0.3 is 0 Å². The van der Waals surface area contributed by atoms with E-state index in [1.54, 1.807) is 18.7 Å². The maximum absolute atomic E-state index is 12.8. The molecule has 1 amide bonds. The minimum Gasteiger partial charge on any atom is -0.325 e. The number of anilines is 1. The van der Waals surface area contributed by atoms with Crippen LogP contribution in [0.1, 0.15) is 13.8 Å². The molecule has 0 aliphatic carbocycles. The molecule has 0 aliphatic heterocycles. The smallest absolute Gasteiger partial charge is 0.237 e. The molecule has 0 spiro atoms. The molecule has 1 heterocycles. The van der Waals surface area contributed by atoms with Crippen LogP contribution in [0.3, 0.4) is 0 Å². The first-order valence-electron chi connectivity index (χ1n) is 6.78. The Kier molecular flexibility index (Phi) is 6.61. The summed E-state index contributed by atoms with van der Waals surface area (Å²) in [5, 5.41) is 10.6. The highest BCUT2D eigenvalue weighted by molar-refractivity contribution is 8.04. The van der Waals surface area contributed by atoms with Crippen LogP contribution in [0.2, 0.25) is 0 Å². The molecule has 122 valence electrons. The highest BCUT2D eigenvalue weighted by Gasteiger charge is 2.17. The molecule has 23 heavy (non-hydrogen) atoms. The Labute approximate surface area is 147 Å². The van der Waals surface area contributed by atoms with Crippen LogP contribution < -0.4 is 5.32 Å². The molecule has 2 aromatic rings. The van der Waals surface area contributed by atoms with Gasteiger partial charge in [0, 0.05) is 11.4 Å². The van der Waals surface area contributed by atoms with Crippen molar-refractivity contribution in [3.05, 3.63) is 42.2 Å².